The van der Waals surface area contributed by atoms with Crippen LogP contribution in [-0.4, -0.2) is 9.55 Å². The third kappa shape index (κ3) is 2.57. The standard InChI is InChI=1S/C14H16ClN3/c1-4-8-18-9-11(3)16-14(18)17-13-10(2)6-5-7-12(13)15/h4-7,9H,1,8H2,2-3H3,(H,16,17). The molecule has 0 atom stereocenters. The summed E-state index contributed by atoms with van der Waals surface area (Å²) in [5, 5.41) is 3.98. The third-order valence-corrected chi connectivity index (χ3v) is 3.00. The predicted molar refractivity (Wildman–Crippen MR) is 76.6 cm³/mol. The number of hydrogen-bond donors (Lipinski definition) is 1. The fraction of sp³-hybridized carbons (Fsp3) is 0.214. The average molecular weight is 262 g/mol. The highest BCUT2D eigenvalue weighted by atomic mass is 35.5. The van der Waals surface area contributed by atoms with Gasteiger partial charge in [0.2, 0.25) is 5.95 Å². The summed E-state index contributed by atoms with van der Waals surface area (Å²) in [6.07, 6.45) is 3.82. The zero-order chi connectivity index (χ0) is 13.1. The molecule has 0 bridgehead atoms. The van der Waals surface area contributed by atoms with E-state index in [0.717, 1.165) is 22.9 Å². The van der Waals surface area contributed by atoms with Gasteiger partial charge in [0.1, 0.15) is 0 Å². The minimum Gasteiger partial charge on any atom is -0.324 e. The van der Waals surface area contributed by atoms with E-state index in [2.05, 4.69) is 16.9 Å². The Morgan fingerprint density at radius 2 is 2.22 bits per heavy atom. The summed E-state index contributed by atoms with van der Waals surface area (Å²) in [6.45, 7) is 8.44. The number of nitrogens with one attached hydrogen (secondary N) is 1. The molecule has 1 aromatic heterocycles. The highest BCUT2D eigenvalue weighted by Crippen LogP contribution is 2.28. The van der Waals surface area contributed by atoms with Gasteiger partial charge in [-0.2, -0.15) is 0 Å². The molecule has 1 N–H and O–H groups in total. The summed E-state index contributed by atoms with van der Waals surface area (Å²) in [4.78, 5) is 4.45. The molecule has 1 aromatic carbocycles. The van der Waals surface area contributed by atoms with Crippen molar-refractivity contribution in [3.8, 4) is 0 Å². The number of imidazole rings is 1. The molecule has 0 aliphatic carbocycles. The van der Waals surface area contributed by atoms with E-state index in [9.17, 15) is 0 Å². The number of anilines is 2. The lowest BCUT2D eigenvalue weighted by Crippen LogP contribution is -2.03. The summed E-state index contributed by atoms with van der Waals surface area (Å²) < 4.78 is 2.01. The van der Waals surface area contributed by atoms with E-state index >= 15 is 0 Å². The van der Waals surface area contributed by atoms with Gasteiger partial charge in [0.25, 0.3) is 0 Å². The third-order valence-electron chi connectivity index (χ3n) is 2.68. The first-order chi connectivity index (χ1) is 8.61. The molecule has 0 fully saturated rings. The molecule has 0 aliphatic heterocycles. The van der Waals surface area contributed by atoms with E-state index in [1.807, 2.05) is 48.9 Å². The van der Waals surface area contributed by atoms with Gasteiger partial charge in [0.05, 0.1) is 16.4 Å². The molecule has 2 rings (SSSR count). The smallest absolute Gasteiger partial charge is 0.207 e. The fourth-order valence-electron chi connectivity index (χ4n) is 1.83. The highest BCUT2D eigenvalue weighted by Gasteiger charge is 2.09. The van der Waals surface area contributed by atoms with Crippen molar-refractivity contribution >= 4 is 23.2 Å². The van der Waals surface area contributed by atoms with E-state index in [4.69, 9.17) is 11.6 Å². The Balaban J connectivity index is 2.36. The number of halogens is 1. The summed E-state index contributed by atoms with van der Waals surface area (Å²) in [7, 11) is 0. The van der Waals surface area contributed by atoms with Crippen LogP contribution in [0.25, 0.3) is 0 Å². The van der Waals surface area contributed by atoms with Gasteiger partial charge in [0, 0.05) is 12.7 Å². The molecular formula is C14H16ClN3. The lowest BCUT2D eigenvalue weighted by atomic mass is 10.2. The van der Waals surface area contributed by atoms with Crippen LogP contribution in [0.5, 0.6) is 0 Å². The zero-order valence-electron chi connectivity index (χ0n) is 10.6. The molecule has 0 amide bonds. The van der Waals surface area contributed by atoms with E-state index in [1.165, 1.54) is 0 Å². The first-order valence-corrected chi connectivity index (χ1v) is 6.16. The van der Waals surface area contributed by atoms with Crippen LogP contribution < -0.4 is 5.32 Å². The maximum Gasteiger partial charge on any atom is 0.207 e. The molecule has 18 heavy (non-hydrogen) atoms. The molecule has 0 spiro atoms. The summed E-state index contributed by atoms with van der Waals surface area (Å²) in [5.74, 6) is 0.781. The Morgan fingerprint density at radius 1 is 1.44 bits per heavy atom. The molecule has 0 saturated heterocycles. The van der Waals surface area contributed by atoms with E-state index < -0.39 is 0 Å². The molecule has 94 valence electrons. The quantitative estimate of drug-likeness (QED) is 0.841. The Bertz CT molecular complexity index is 552. The molecule has 2 aromatic rings. The maximum atomic E-state index is 6.20. The van der Waals surface area contributed by atoms with E-state index in [1.54, 1.807) is 0 Å². The van der Waals surface area contributed by atoms with Crippen molar-refractivity contribution in [3.63, 3.8) is 0 Å². The molecular weight excluding hydrogens is 246 g/mol. The first-order valence-electron chi connectivity index (χ1n) is 5.78. The SMILES string of the molecule is C=CCn1cc(C)nc1Nc1c(C)cccc1Cl. The summed E-state index contributed by atoms with van der Waals surface area (Å²) in [6, 6.07) is 5.82. The van der Waals surface area contributed by atoms with Crippen molar-refractivity contribution in [1.82, 2.24) is 9.55 Å². The number of nitrogens with zero attached hydrogens (tertiary/aromatic N) is 2. The molecule has 3 nitrogen and oxygen atoms in total. The van der Waals surface area contributed by atoms with Gasteiger partial charge in [-0.1, -0.05) is 29.8 Å². The topological polar surface area (TPSA) is 29.9 Å². The number of aromatic nitrogens is 2. The van der Waals surface area contributed by atoms with Gasteiger partial charge in [-0.15, -0.1) is 6.58 Å². The van der Waals surface area contributed by atoms with Gasteiger partial charge in [-0.3, -0.25) is 0 Å². The molecule has 0 saturated carbocycles. The van der Waals surface area contributed by atoms with Crippen molar-refractivity contribution < 1.29 is 0 Å². The van der Waals surface area contributed by atoms with Gasteiger partial charge in [-0.05, 0) is 25.5 Å². The number of benzene rings is 1. The Labute approximate surface area is 112 Å². The second-order valence-corrected chi connectivity index (χ2v) is 4.61. The largest absolute Gasteiger partial charge is 0.324 e. The number of para-hydroxylation sites is 1. The van der Waals surface area contributed by atoms with Crippen LogP contribution in [0.2, 0.25) is 5.02 Å². The first kappa shape index (κ1) is 12.7. The van der Waals surface area contributed by atoms with Crippen molar-refractivity contribution in [2.45, 2.75) is 20.4 Å². The van der Waals surface area contributed by atoms with Crippen molar-refractivity contribution in [1.29, 1.82) is 0 Å². The van der Waals surface area contributed by atoms with Gasteiger partial charge < -0.3 is 9.88 Å². The Hall–Kier alpha value is -1.74. The van der Waals surface area contributed by atoms with E-state index in [-0.39, 0.29) is 0 Å². The molecule has 0 aliphatic rings. The fourth-order valence-corrected chi connectivity index (χ4v) is 2.10. The van der Waals surface area contributed by atoms with Crippen LogP contribution in [0.15, 0.2) is 37.1 Å². The molecule has 1 heterocycles. The normalized spacial score (nSPS) is 10.4. The van der Waals surface area contributed by atoms with Crippen molar-refractivity contribution in [2.75, 3.05) is 5.32 Å². The number of allylic oxidation sites excluding steroid dienone is 1. The van der Waals surface area contributed by atoms with Crippen LogP contribution in [0.3, 0.4) is 0 Å². The summed E-state index contributed by atoms with van der Waals surface area (Å²) in [5.41, 5.74) is 2.95. The second kappa shape index (κ2) is 5.27. The minimum atomic E-state index is 0.695. The van der Waals surface area contributed by atoms with Gasteiger partial charge in [0.15, 0.2) is 0 Å². The molecule has 4 heteroatoms. The predicted octanol–water partition coefficient (Wildman–Crippen LogP) is 4.08. The second-order valence-electron chi connectivity index (χ2n) is 4.20. The number of rotatable bonds is 4. The lowest BCUT2D eigenvalue weighted by molar-refractivity contribution is 0.832. The lowest BCUT2D eigenvalue weighted by Gasteiger charge is -2.11. The van der Waals surface area contributed by atoms with Crippen LogP contribution in [0, 0.1) is 13.8 Å². The van der Waals surface area contributed by atoms with Crippen molar-refractivity contribution in [3.05, 3.63) is 53.3 Å². The number of hydrogen-bond acceptors (Lipinski definition) is 2. The maximum absolute atomic E-state index is 6.20. The van der Waals surface area contributed by atoms with Gasteiger partial charge >= 0.3 is 0 Å². The summed E-state index contributed by atoms with van der Waals surface area (Å²) >= 11 is 6.20. The zero-order valence-corrected chi connectivity index (χ0v) is 11.3. The molecule has 0 unspecified atom stereocenters. The van der Waals surface area contributed by atoms with Crippen LogP contribution in [-0.2, 0) is 6.54 Å². The van der Waals surface area contributed by atoms with E-state index in [0.29, 0.717) is 11.6 Å². The van der Waals surface area contributed by atoms with Crippen LogP contribution in [0.4, 0.5) is 11.6 Å². The van der Waals surface area contributed by atoms with Crippen LogP contribution in [0.1, 0.15) is 11.3 Å². The number of aryl methyl sites for hydroxylation is 2. The highest BCUT2D eigenvalue weighted by molar-refractivity contribution is 6.33. The van der Waals surface area contributed by atoms with Gasteiger partial charge in [-0.25, -0.2) is 4.98 Å². The Morgan fingerprint density at radius 3 is 2.89 bits per heavy atom. The Kier molecular flexibility index (Phi) is 3.72. The monoisotopic (exact) mass is 261 g/mol. The van der Waals surface area contributed by atoms with Crippen LogP contribution >= 0.6 is 11.6 Å². The molecule has 0 radical (unpaired) electrons. The minimum absolute atomic E-state index is 0.695. The average Bonchev–Trinajstić information content (AvgIpc) is 2.65. The van der Waals surface area contributed by atoms with Crippen molar-refractivity contribution in [2.24, 2.45) is 0 Å².